The third-order valence-corrected chi connectivity index (χ3v) is 5.92. The van der Waals surface area contributed by atoms with E-state index in [0.717, 1.165) is 25.0 Å². The van der Waals surface area contributed by atoms with Crippen LogP contribution in [0.5, 0.6) is 0 Å². The van der Waals surface area contributed by atoms with Crippen LogP contribution in [-0.4, -0.2) is 31.1 Å². The molecule has 0 unspecified atom stereocenters. The number of H-pyrrole nitrogens is 1. The first-order chi connectivity index (χ1) is 10.7. The van der Waals surface area contributed by atoms with Gasteiger partial charge in [-0.3, -0.25) is 10.1 Å². The van der Waals surface area contributed by atoms with Crippen molar-refractivity contribution in [2.24, 2.45) is 17.0 Å². The summed E-state index contributed by atoms with van der Waals surface area (Å²) in [5.74, 6) is 0.932. The number of hydrogen-bond acceptors (Lipinski definition) is 6. The Kier molecular flexibility index (Phi) is 3.07. The second kappa shape index (κ2) is 4.98. The van der Waals surface area contributed by atoms with Crippen molar-refractivity contribution in [2.75, 3.05) is 0 Å². The van der Waals surface area contributed by atoms with Gasteiger partial charge < -0.3 is 10.2 Å². The highest BCUT2D eigenvalue weighted by molar-refractivity contribution is 8.00. The molecule has 0 aliphatic heterocycles. The van der Waals surface area contributed by atoms with Crippen LogP contribution in [0.15, 0.2) is 28.5 Å². The van der Waals surface area contributed by atoms with E-state index in [0.29, 0.717) is 28.0 Å². The average Bonchev–Trinajstić information content (AvgIpc) is 3.19. The Labute approximate surface area is 130 Å². The van der Waals surface area contributed by atoms with Gasteiger partial charge in [-0.15, -0.1) is 0 Å². The van der Waals surface area contributed by atoms with Gasteiger partial charge in [0.15, 0.2) is 5.16 Å². The van der Waals surface area contributed by atoms with E-state index in [2.05, 4.69) is 15.1 Å². The molecule has 1 aromatic heterocycles. The number of nitrogens with zero attached hydrogens (tertiary/aromatic N) is 3. The van der Waals surface area contributed by atoms with Crippen molar-refractivity contribution in [1.82, 2.24) is 9.97 Å². The number of nitro groups is 1. The monoisotopic (exact) mass is 318 g/mol. The van der Waals surface area contributed by atoms with Gasteiger partial charge in [-0.2, -0.15) is 0 Å². The third kappa shape index (κ3) is 2.06. The zero-order valence-electron chi connectivity index (χ0n) is 11.6. The first kappa shape index (κ1) is 13.6. The summed E-state index contributed by atoms with van der Waals surface area (Å²) in [6.07, 6.45) is 3.35. The van der Waals surface area contributed by atoms with Crippen molar-refractivity contribution in [1.29, 1.82) is 0 Å². The zero-order valence-corrected chi connectivity index (χ0v) is 12.4. The van der Waals surface area contributed by atoms with E-state index in [1.807, 2.05) is 0 Å². The molecule has 2 aromatic rings. The van der Waals surface area contributed by atoms with Crippen LogP contribution in [0.4, 0.5) is 5.69 Å². The predicted octanol–water partition coefficient (Wildman–Crippen LogP) is 3.19. The van der Waals surface area contributed by atoms with E-state index in [-0.39, 0.29) is 10.9 Å². The summed E-state index contributed by atoms with van der Waals surface area (Å²) in [6.45, 7) is 0. The molecule has 1 heterocycles. The minimum absolute atomic E-state index is 0.0465. The van der Waals surface area contributed by atoms with Crippen molar-refractivity contribution in [3.8, 4) is 0 Å². The maximum atomic E-state index is 10.8. The summed E-state index contributed by atoms with van der Waals surface area (Å²) in [5.41, 5.74) is 2.28. The van der Waals surface area contributed by atoms with Crippen LogP contribution in [0.2, 0.25) is 0 Å². The van der Waals surface area contributed by atoms with Crippen LogP contribution in [0.1, 0.15) is 19.3 Å². The number of oxime groups is 1. The molecule has 0 spiro atoms. The number of nitrogens with one attached hydrogen (secondary N) is 1. The smallest absolute Gasteiger partial charge is 0.271 e. The van der Waals surface area contributed by atoms with Gasteiger partial charge in [0.1, 0.15) is 0 Å². The number of aromatic nitrogens is 2. The maximum Gasteiger partial charge on any atom is 0.271 e. The standard InChI is InChI=1S/C14H14N4O3S/c19-17-12-7-1-2-8(5-7)13(12)22-14-15-10-4-3-9(18(20)21)6-11(10)16-14/h3-4,6-8,13,19H,1-2,5H2,(H,15,16)/b17-12+/t7-,8-,13+/m0/s1. The van der Waals surface area contributed by atoms with Crippen LogP contribution >= 0.6 is 11.8 Å². The number of non-ortho nitro benzene ring substituents is 1. The lowest BCUT2D eigenvalue weighted by Crippen LogP contribution is -2.25. The predicted molar refractivity (Wildman–Crippen MR) is 82.4 cm³/mol. The summed E-state index contributed by atoms with van der Waals surface area (Å²) in [4.78, 5) is 18.0. The topological polar surface area (TPSA) is 104 Å². The molecule has 4 rings (SSSR count). The van der Waals surface area contributed by atoms with Crippen molar-refractivity contribution < 1.29 is 10.1 Å². The highest BCUT2D eigenvalue weighted by Gasteiger charge is 2.46. The molecule has 2 N–H and O–H groups in total. The number of imidazole rings is 1. The van der Waals surface area contributed by atoms with E-state index in [9.17, 15) is 15.3 Å². The summed E-state index contributed by atoms with van der Waals surface area (Å²) in [6, 6.07) is 4.60. The molecular formula is C14H14N4O3S. The second-order valence-electron chi connectivity index (χ2n) is 5.83. The van der Waals surface area contributed by atoms with Crippen molar-refractivity contribution in [3.05, 3.63) is 28.3 Å². The lowest BCUT2D eigenvalue weighted by Gasteiger charge is -2.20. The van der Waals surface area contributed by atoms with Gasteiger partial charge >= 0.3 is 0 Å². The molecule has 2 bridgehead atoms. The normalized spacial score (nSPS) is 28.7. The fourth-order valence-electron chi connectivity index (χ4n) is 3.59. The fraction of sp³-hybridized carbons (Fsp3) is 0.429. The Balaban J connectivity index is 1.63. The number of rotatable bonds is 3. The van der Waals surface area contributed by atoms with E-state index >= 15 is 0 Å². The van der Waals surface area contributed by atoms with Crippen LogP contribution in [0.3, 0.4) is 0 Å². The SMILES string of the molecule is O=[N+]([O-])c1ccc2nc(S[C@H]3/C(=N/O)[C@H]4CC[C@H]3C4)[nH]c2c1. The largest absolute Gasteiger partial charge is 0.411 e. The van der Waals surface area contributed by atoms with Crippen molar-refractivity contribution in [2.45, 2.75) is 29.7 Å². The number of fused-ring (bicyclic) bond motifs is 3. The Hall–Kier alpha value is -2.09. The number of hydrogen-bond donors (Lipinski definition) is 2. The molecule has 0 radical (unpaired) electrons. The summed E-state index contributed by atoms with van der Waals surface area (Å²) in [5, 5.41) is 24.4. The Bertz CT molecular complexity index is 787. The summed E-state index contributed by atoms with van der Waals surface area (Å²) in [7, 11) is 0. The van der Waals surface area contributed by atoms with E-state index < -0.39 is 4.92 Å². The maximum absolute atomic E-state index is 10.8. The number of thioether (sulfide) groups is 1. The molecule has 3 atom stereocenters. The molecule has 2 saturated carbocycles. The highest BCUT2D eigenvalue weighted by Crippen LogP contribution is 2.49. The number of benzene rings is 1. The molecular weight excluding hydrogens is 304 g/mol. The molecule has 2 fully saturated rings. The van der Waals surface area contributed by atoms with Gasteiger partial charge in [-0.05, 0) is 31.2 Å². The van der Waals surface area contributed by atoms with Crippen LogP contribution in [0.25, 0.3) is 11.0 Å². The Morgan fingerprint density at radius 2 is 2.32 bits per heavy atom. The minimum atomic E-state index is -0.417. The molecule has 0 saturated heterocycles. The molecule has 114 valence electrons. The van der Waals surface area contributed by atoms with E-state index in [4.69, 9.17) is 0 Å². The molecule has 2 aliphatic rings. The Morgan fingerprint density at radius 3 is 3.09 bits per heavy atom. The lowest BCUT2D eigenvalue weighted by molar-refractivity contribution is -0.384. The average molecular weight is 318 g/mol. The van der Waals surface area contributed by atoms with Crippen LogP contribution in [-0.2, 0) is 0 Å². The number of aromatic amines is 1. The molecule has 0 amide bonds. The summed E-state index contributed by atoms with van der Waals surface area (Å²) >= 11 is 1.56. The van der Waals surface area contributed by atoms with E-state index in [1.165, 1.54) is 12.1 Å². The molecule has 1 aromatic carbocycles. The fourth-order valence-corrected chi connectivity index (χ4v) is 4.95. The number of nitro benzene ring substituents is 1. The zero-order chi connectivity index (χ0) is 15.3. The van der Waals surface area contributed by atoms with Gasteiger partial charge in [0.25, 0.3) is 5.69 Å². The Morgan fingerprint density at radius 1 is 1.45 bits per heavy atom. The van der Waals surface area contributed by atoms with Crippen molar-refractivity contribution in [3.63, 3.8) is 0 Å². The van der Waals surface area contributed by atoms with Gasteiger partial charge in [-0.1, -0.05) is 16.9 Å². The van der Waals surface area contributed by atoms with Gasteiger partial charge in [0, 0.05) is 18.1 Å². The van der Waals surface area contributed by atoms with Crippen molar-refractivity contribution >= 4 is 34.2 Å². The highest BCUT2D eigenvalue weighted by atomic mass is 32.2. The quantitative estimate of drug-likeness (QED) is 0.514. The van der Waals surface area contributed by atoms with Gasteiger partial charge in [0.2, 0.25) is 0 Å². The summed E-state index contributed by atoms with van der Waals surface area (Å²) < 4.78 is 0. The lowest BCUT2D eigenvalue weighted by atomic mass is 9.98. The van der Waals surface area contributed by atoms with Gasteiger partial charge in [0.05, 0.1) is 26.9 Å². The first-order valence-electron chi connectivity index (χ1n) is 7.18. The van der Waals surface area contributed by atoms with Crippen LogP contribution in [0, 0.1) is 22.0 Å². The van der Waals surface area contributed by atoms with Gasteiger partial charge in [-0.25, -0.2) is 4.98 Å². The van der Waals surface area contributed by atoms with E-state index in [1.54, 1.807) is 17.8 Å². The minimum Gasteiger partial charge on any atom is -0.411 e. The van der Waals surface area contributed by atoms with Crippen LogP contribution < -0.4 is 0 Å². The molecule has 2 aliphatic carbocycles. The molecule has 22 heavy (non-hydrogen) atoms. The molecule has 8 heteroatoms. The first-order valence-corrected chi connectivity index (χ1v) is 8.06. The molecule has 7 nitrogen and oxygen atoms in total. The third-order valence-electron chi connectivity index (χ3n) is 4.62. The second-order valence-corrected chi connectivity index (χ2v) is 6.96.